The summed E-state index contributed by atoms with van der Waals surface area (Å²) < 4.78 is 25.6. The van der Waals surface area contributed by atoms with Crippen molar-refractivity contribution in [1.29, 1.82) is 0 Å². The van der Waals surface area contributed by atoms with Gasteiger partial charge >= 0.3 is 0 Å². The first-order valence-electron chi connectivity index (χ1n) is 4.86. The van der Waals surface area contributed by atoms with Crippen molar-refractivity contribution >= 4 is 0 Å². The summed E-state index contributed by atoms with van der Waals surface area (Å²) in [5, 5.41) is 9.92. The zero-order chi connectivity index (χ0) is 11.5. The summed E-state index contributed by atoms with van der Waals surface area (Å²) in [5.74, 6) is -0.770. The van der Waals surface area contributed by atoms with E-state index < -0.39 is 11.9 Å². The molecule has 0 heterocycles. The van der Waals surface area contributed by atoms with E-state index in [9.17, 15) is 13.9 Å². The largest absolute Gasteiger partial charge is 0.384 e. The van der Waals surface area contributed by atoms with E-state index in [0.29, 0.717) is 11.1 Å². The van der Waals surface area contributed by atoms with Gasteiger partial charge in [-0.2, -0.15) is 0 Å². The third-order valence-electron chi connectivity index (χ3n) is 2.35. The molecule has 1 nitrogen and oxygen atoms in total. The molecule has 3 heteroatoms. The molecule has 0 fully saturated rings. The van der Waals surface area contributed by atoms with Crippen LogP contribution in [0.4, 0.5) is 8.78 Å². The number of rotatable bonds is 2. The van der Waals surface area contributed by atoms with E-state index in [2.05, 4.69) is 0 Å². The van der Waals surface area contributed by atoms with E-state index in [4.69, 9.17) is 0 Å². The minimum absolute atomic E-state index is 0.366. The SMILES string of the molecule is O[C@H](c1ccc(F)cc1)c1cccc(F)c1. The molecule has 2 rings (SSSR count). The maximum atomic E-state index is 12.9. The minimum Gasteiger partial charge on any atom is -0.384 e. The van der Waals surface area contributed by atoms with Crippen LogP contribution < -0.4 is 0 Å². The van der Waals surface area contributed by atoms with Crippen LogP contribution in [-0.2, 0) is 0 Å². The molecule has 0 saturated carbocycles. The second-order valence-electron chi connectivity index (χ2n) is 3.51. The fourth-order valence-corrected chi connectivity index (χ4v) is 1.51. The molecule has 1 N–H and O–H groups in total. The van der Waals surface area contributed by atoms with E-state index in [1.165, 1.54) is 42.5 Å². The molecule has 82 valence electrons. The fraction of sp³-hybridized carbons (Fsp3) is 0.0769. The average Bonchev–Trinajstić information content (AvgIpc) is 2.29. The van der Waals surface area contributed by atoms with Gasteiger partial charge in [0.2, 0.25) is 0 Å². The Kier molecular flexibility index (Phi) is 2.97. The van der Waals surface area contributed by atoms with E-state index in [1.807, 2.05) is 0 Å². The Labute approximate surface area is 92.0 Å². The van der Waals surface area contributed by atoms with E-state index in [1.54, 1.807) is 6.07 Å². The van der Waals surface area contributed by atoms with Crippen molar-refractivity contribution in [2.45, 2.75) is 6.10 Å². The molecule has 0 saturated heterocycles. The standard InChI is InChI=1S/C13H10F2O/c14-11-6-4-9(5-7-11)13(16)10-2-1-3-12(15)8-10/h1-8,13,16H/t13-/m1/s1. The van der Waals surface area contributed by atoms with Crippen LogP contribution in [0, 0.1) is 11.6 Å². The predicted molar refractivity (Wildman–Crippen MR) is 56.9 cm³/mol. The van der Waals surface area contributed by atoms with Gasteiger partial charge in [-0.05, 0) is 35.4 Å². The second-order valence-corrected chi connectivity index (χ2v) is 3.51. The van der Waals surface area contributed by atoms with Crippen molar-refractivity contribution < 1.29 is 13.9 Å². The maximum Gasteiger partial charge on any atom is 0.123 e. The molecule has 1 atom stereocenters. The molecular formula is C13H10F2O. The summed E-state index contributed by atoms with van der Waals surface area (Å²) in [7, 11) is 0. The van der Waals surface area contributed by atoms with Gasteiger partial charge in [-0.1, -0.05) is 24.3 Å². The number of benzene rings is 2. The molecule has 0 aromatic heterocycles. The molecule has 0 aliphatic heterocycles. The quantitative estimate of drug-likeness (QED) is 0.824. The summed E-state index contributed by atoms with van der Waals surface area (Å²) in [6, 6.07) is 11.2. The summed E-state index contributed by atoms with van der Waals surface area (Å²) >= 11 is 0. The number of hydrogen-bond acceptors (Lipinski definition) is 1. The molecular weight excluding hydrogens is 210 g/mol. The lowest BCUT2D eigenvalue weighted by molar-refractivity contribution is 0.219. The van der Waals surface area contributed by atoms with Crippen molar-refractivity contribution in [3.8, 4) is 0 Å². The third kappa shape index (κ3) is 2.25. The zero-order valence-electron chi connectivity index (χ0n) is 8.40. The first-order chi connectivity index (χ1) is 7.66. The summed E-state index contributed by atoms with van der Waals surface area (Å²) in [6.07, 6.45) is -0.934. The van der Waals surface area contributed by atoms with Crippen molar-refractivity contribution in [1.82, 2.24) is 0 Å². The lowest BCUT2D eigenvalue weighted by Gasteiger charge is -2.11. The highest BCUT2D eigenvalue weighted by molar-refractivity contribution is 5.30. The van der Waals surface area contributed by atoms with Crippen LogP contribution in [0.2, 0.25) is 0 Å². The molecule has 0 bridgehead atoms. The molecule has 16 heavy (non-hydrogen) atoms. The lowest BCUT2D eigenvalue weighted by atomic mass is 10.0. The summed E-state index contributed by atoms with van der Waals surface area (Å²) in [6.45, 7) is 0. The van der Waals surface area contributed by atoms with Crippen LogP contribution in [-0.4, -0.2) is 5.11 Å². The Morgan fingerprint density at radius 3 is 2.12 bits per heavy atom. The maximum absolute atomic E-state index is 12.9. The van der Waals surface area contributed by atoms with Gasteiger partial charge in [0, 0.05) is 0 Å². The predicted octanol–water partition coefficient (Wildman–Crippen LogP) is 3.05. The van der Waals surface area contributed by atoms with Gasteiger partial charge in [0.1, 0.15) is 17.7 Å². The average molecular weight is 220 g/mol. The molecule has 0 radical (unpaired) electrons. The lowest BCUT2D eigenvalue weighted by Crippen LogP contribution is -1.99. The molecule has 2 aromatic rings. The Bertz CT molecular complexity index is 480. The minimum atomic E-state index is -0.934. The number of halogens is 2. The van der Waals surface area contributed by atoms with Crippen molar-refractivity contribution in [2.75, 3.05) is 0 Å². The molecule has 2 aromatic carbocycles. The monoisotopic (exact) mass is 220 g/mol. The topological polar surface area (TPSA) is 20.2 Å². The van der Waals surface area contributed by atoms with Crippen LogP contribution >= 0.6 is 0 Å². The number of aliphatic hydroxyl groups is 1. The molecule has 0 aliphatic rings. The van der Waals surface area contributed by atoms with Gasteiger partial charge in [0.25, 0.3) is 0 Å². The Balaban J connectivity index is 2.31. The van der Waals surface area contributed by atoms with Crippen LogP contribution in [0.15, 0.2) is 48.5 Å². The van der Waals surface area contributed by atoms with Gasteiger partial charge < -0.3 is 5.11 Å². The number of hydrogen-bond donors (Lipinski definition) is 1. The van der Waals surface area contributed by atoms with Gasteiger partial charge in [0.15, 0.2) is 0 Å². The Morgan fingerprint density at radius 2 is 1.50 bits per heavy atom. The van der Waals surface area contributed by atoms with Crippen molar-refractivity contribution in [3.63, 3.8) is 0 Å². The third-order valence-corrected chi connectivity index (χ3v) is 2.35. The van der Waals surface area contributed by atoms with Crippen molar-refractivity contribution in [3.05, 3.63) is 71.3 Å². The smallest absolute Gasteiger partial charge is 0.123 e. The zero-order valence-corrected chi connectivity index (χ0v) is 8.40. The van der Waals surface area contributed by atoms with Gasteiger partial charge in [-0.3, -0.25) is 0 Å². The van der Waals surface area contributed by atoms with Crippen LogP contribution in [0.3, 0.4) is 0 Å². The van der Waals surface area contributed by atoms with E-state index >= 15 is 0 Å². The number of aliphatic hydroxyl groups excluding tert-OH is 1. The van der Waals surface area contributed by atoms with Gasteiger partial charge in [-0.15, -0.1) is 0 Å². The van der Waals surface area contributed by atoms with E-state index in [0.717, 1.165) is 0 Å². The molecule has 0 spiro atoms. The van der Waals surface area contributed by atoms with Gasteiger partial charge in [-0.25, -0.2) is 8.78 Å². The molecule has 0 aliphatic carbocycles. The summed E-state index contributed by atoms with van der Waals surface area (Å²) in [5.41, 5.74) is 0.985. The fourth-order valence-electron chi connectivity index (χ4n) is 1.51. The Hall–Kier alpha value is -1.74. The summed E-state index contributed by atoms with van der Waals surface area (Å²) in [4.78, 5) is 0. The van der Waals surface area contributed by atoms with Crippen LogP contribution in [0.1, 0.15) is 17.2 Å². The van der Waals surface area contributed by atoms with Crippen LogP contribution in [0.25, 0.3) is 0 Å². The first-order valence-corrected chi connectivity index (χ1v) is 4.86. The van der Waals surface area contributed by atoms with Crippen molar-refractivity contribution in [2.24, 2.45) is 0 Å². The highest BCUT2D eigenvalue weighted by atomic mass is 19.1. The van der Waals surface area contributed by atoms with Gasteiger partial charge in [0.05, 0.1) is 0 Å². The normalized spacial score (nSPS) is 12.4. The van der Waals surface area contributed by atoms with Crippen LogP contribution in [0.5, 0.6) is 0 Å². The highest BCUT2D eigenvalue weighted by Gasteiger charge is 2.10. The molecule has 0 unspecified atom stereocenters. The first kappa shape index (κ1) is 10.8. The highest BCUT2D eigenvalue weighted by Crippen LogP contribution is 2.22. The van der Waals surface area contributed by atoms with E-state index in [-0.39, 0.29) is 5.82 Å². The second kappa shape index (κ2) is 4.41. The molecule has 0 amide bonds. The Morgan fingerprint density at radius 1 is 0.812 bits per heavy atom.